The summed E-state index contributed by atoms with van der Waals surface area (Å²) in [6, 6.07) is 7.87. The molecular formula is C15H19BrO5. The smallest absolute Gasteiger partial charge is 0.190 e. The number of hydrogen-bond acceptors (Lipinski definition) is 5. The topological polar surface area (TPSA) is 57.2 Å². The zero-order valence-electron chi connectivity index (χ0n) is 12.0. The molecular weight excluding hydrogens is 340 g/mol. The number of hydrogen-bond donors (Lipinski definition) is 1. The monoisotopic (exact) mass is 358 g/mol. The summed E-state index contributed by atoms with van der Waals surface area (Å²) in [6.07, 6.45) is -1.59. The van der Waals surface area contributed by atoms with Gasteiger partial charge in [-0.05, 0) is 25.5 Å². The minimum atomic E-state index is -0.690. The van der Waals surface area contributed by atoms with Gasteiger partial charge in [0.1, 0.15) is 18.3 Å². The van der Waals surface area contributed by atoms with Crippen molar-refractivity contribution in [2.24, 2.45) is 0 Å². The largest absolute Gasteiger partial charge is 0.394 e. The number of benzene rings is 1. The van der Waals surface area contributed by atoms with E-state index in [0.29, 0.717) is 6.61 Å². The molecule has 1 N–H and O–H groups in total. The average molecular weight is 359 g/mol. The molecule has 5 nitrogen and oxygen atoms in total. The Balaban J connectivity index is 1.69. The summed E-state index contributed by atoms with van der Waals surface area (Å²) < 4.78 is 24.1. The predicted molar refractivity (Wildman–Crippen MR) is 78.5 cm³/mol. The zero-order chi connectivity index (χ0) is 15.0. The van der Waals surface area contributed by atoms with Gasteiger partial charge in [-0.15, -0.1) is 0 Å². The van der Waals surface area contributed by atoms with E-state index in [0.717, 1.165) is 10.0 Å². The highest BCUT2D eigenvalue weighted by molar-refractivity contribution is 9.10. The van der Waals surface area contributed by atoms with E-state index in [2.05, 4.69) is 15.9 Å². The van der Waals surface area contributed by atoms with Gasteiger partial charge in [0, 0.05) is 4.47 Å². The number of rotatable bonds is 4. The van der Waals surface area contributed by atoms with Crippen LogP contribution in [-0.4, -0.2) is 42.1 Å². The van der Waals surface area contributed by atoms with Gasteiger partial charge in [-0.1, -0.05) is 34.1 Å². The molecule has 0 aliphatic carbocycles. The molecule has 21 heavy (non-hydrogen) atoms. The molecule has 0 spiro atoms. The Morgan fingerprint density at radius 3 is 2.76 bits per heavy atom. The molecule has 116 valence electrons. The van der Waals surface area contributed by atoms with E-state index in [1.165, 1.54) is 0 Å². The summed E-state index contributed by atoms with van der Waals surface area (Å²) in [5.41, 5.74) is 1.04. The highest BCUT2D eigenvalue weighted by atomic mass is 79.9. The maximum atomic E-state index is 9.45. The van der Waals surface area contributed by atoms with Crippen molar-refractivity contribution in [1.29, 1.82) is 0 Å². The van der Waals surface area contributed by atoms with E-state index in [1.807, 2.05) is 38.1 Å². The summed E-state index contributed by atoms with van der Waals surface area (Å²) in [5, 5.41) is 9.45. The van der Waals surface area contributed by atoms with Crippen molar-refractivity contribution in [2.75, 3.05) is 6.61 Å². The van der Waals surface area contributed by atoms with Gasteiger partial charge in [-0.3, -0.25) is 0 Å². The maximum Gasteiger partial charge on any atom is 0.190 e. The van der Waals surface area contributed by atoms with Crippen LogP contribution < -0.4 is 0 Å². The molecule has 0 radical (unpaired) electrons. The number of fused-ring (bicyclic) bond motifs is 1. The average Bonchev–Trinajstić information content (AvgIpc) is 2.89. The van der Waals surface area contributed by atoms with Crippen molar-refractivity contribution in [2.45, 2.75) is 50.8 Å². The fourth-order valence-electron chi connectivity index (χ4n) is 2.70. The molecule has 0 unspecified atom stereocenters. The Kier molecular flexibility index (Phi) is 4.36. The Morgan fingerprint density at radius 1 is 1.29 bits per heavy atom. The highest BCUT2D eigenvalue weighted by Gasteiger charge is 2.55. The Bertz CT molecular complexity index is 507. The molecule has 3 rings (SSSR count). The molecule has 2 aliphatic heterocycles. The fraction of sp³-hybridized carbons (Fsp3) is 0.600. The van der Waals surface area contributed by atoms with Crippen LogP contribution in [0, 0.1) is 0 Å². The van der Waals surface area contributed by atoms with Gasteiger partial charge in [0.15, 0.2) is 12.1 Å². The van der Waals surface area contributed by atoms with Crippen LogP contribution in [0.3, 0.4) is 0 Å². The lowest BCUT2D eigenvalue weighted by atomic mass is 10.1. The lowest BCUT2D eigenvalue weighted by Crippen LogP contribution is -2.38. The molecule has 0 amide bonds. The third kappa shape index (κ3) is 3.16. The summed E-state index contributed by atoms with van der Waals surface area (Å²) in [6.45, 7) is 3.97. The van der Waals surface area contributed by atoms with Crippen LogP contribution >= 0.6 is 15.9 Å². The molecule has 2 heterocycles. The first kappa shape index (κ1) is 15.4. The van der Waals surface area contributed by atoms with Crippen LogP contribution in [0.5, 0.6) is 0 Å². The number of ether oxygens (including phenoxy) is 4. The van der Waals surface area contributed by atoms with Crippen molar-refractivity contribution in [3.8, 4) is 0 Å². The van der Waals surface area contributed by atoms with E-state index in [4.69, 9.17) is 18.9 Å². The molecule has 1 aromatic carbocycles. The Morgan fingerprint density at radius 2 is 2.05 bits per heavy atom. The van der Waals surface area contributed by atoms with Crippen molar-refractivity contribution in [3.63, 3.8) is 0 Å². The second kappa shape index (κ2) is 5.95. The Labute approximate surface area is 132 Å². The molecule has 0 aromatic heterocycles. The van der Waals surface area contributed by atoms with Crippen LogP contribution in [0.1, 0.15) is 19.4 Å². The summed E-state index contributed by atoms with van der Waals surface area (Å²) in [5.74, 6) is -0.690. The van der Waals surface area contributed by atoms with E-state index >= 15 is 0 Å². The normalized spacial score (nSPS) is 34.1. The first-order valence-corrected chi connectivity index (χ1v) is 7.76. The number of halogens is 1. The molecule has 2 saturated heterocycles. The van der Waals surface area contributed by atoms with Gasteiger partial charge >= 0.3 is 0 Å². The van der Waals surface area contributed by atoms with E-state index < -0.39 is 18.2 Å². The number of aliphatic hydroxyl groups is 1. The second-order valence-corrected chi connectivity index (χ2v) is 6.55. The zero-order valence-corrected chi connectivity index (χ0v) is 13.6. The molecule has 4 atom stereocenters. The SMILES string of the molecule is CC1(C)O[C@H]2O[C@H](CO)[C@@H](OCc3ccccc3Br)[C@H]2O1. The molecule has 6 heteroatoms. The van der Waals surface area contributed by atoms with Crippen LogP contribution in [0.15, 0.2) is 28.7 Å². The Hall–Kier alpha value is -0.500. The molecule has 0 saturated carbocycles. The summed E-state index contributed by atoms with van der Waals surface area (Å²) in [7, 11) is 0. The predicted octanol–water partition coefficient (Wildman–Crippen LogP) is 2.20. The fourth-order valence-corrected chi connectivity index (χ4v) is 3.10. The van der Waals surface area contributed by atoms with Gasteiger partial charge in [-0.25, -0.2) is 0 Å². The van der Waals surface area contributed by atoms with Crippen molar-refractivity contribution in [3.05, 3.63) is 34.3 Å². The minimum absolute atomic E-state index is 0.124. The van der Waals surface area contributed by atoms with Gasteiger partial charge in [0.05, 0.1) is 13.2 Å². The van der Waals surface area contributed by atoms with Crippen LogP contribution in [0.25, 0.3) is 0 Å². The lowest BCUT2D eigenvalue weighted by molar-refractivity contribution is -0.222. The van der Waals surface area contributed by atoms with E-state index in [-0.39, 0.29) is 18.8 Å². The standard InChI is InChI=1S/C15H19BrO5/c1-15(2)20-13-12(11(7-17)19-14(13)21-15)18-8-9-5-3-4-6-10(9)16/h3-6,11-14,17H,7-8H2,1-2H3/t11-,12-,13-,14-/m1/s1. The third-order valence-corrected chi connectivity index (χ3v) is 4.43. The highest BCUT2D eigenvalue weighted by Crippen LogP contribution is 2.39. The number of aliphatic hydroxyl groups excluding tert-OH is 1. The first-order chi connectivity index (χ1) is 10.00. The van der Waals surface area contributed by atoms with Crippen molar-refractivity contribution < 1.29 is 24.1 Å². The van der Waals surface area contributed by atoms with Gasteiger partial charge in [-0.2, -0.15) is 0 Å². The third-order valence-electron chi connectivity index (χ3n) is 3.66. The molecule has 1 aromatic rings. The van der Waals surface area contributed by atoms with Crippen molar-refractivity contribution in [1.82, 2.24) is 0 Å². The quantitative estimate of drug-likeness (QED) is 0.893. The lowest BCUT2D eigenvalue weighted by Gasteiger charge is -2.25. The summed E-state index contributed by atoms with van der Waals surface area (Å²) >= 11 is 3.50. The van der Waals surface area contributed by atoms with Crippen LogP contribution in [0.2, 0.25) is 0 Å². The van der Waals surface area contributed by atoms with E-state index in [1.54, 1.807) is 0 Å². The maximum absolute atomic E-state index is 9.45. The second-order valence-electron chi connectivity index (χ2n) is 5.69. The van der Waals surface area contributed by atoms with Gasteiger partial charge in [0.2, 0.25) is 0 Å². The summed E-state index contributed by atoms with van der Waals surface area (Å²) in [4.78, 5) is 0. The molecule has 0 bridgehead atoms. The van der Waals surface area contributed by atoms with Crippen LogP contribution in [-0.2, 0) is 25.6 Å². The first-order valence-electron chi connectivity index (χ1n) is 6.97. The van der Waals surface area contributed by atoms with E-state index in [9.17, 15) is 5.11 Å². The van der Waals surface area contributed by atoms with Crippen molar-refractivity contribution >= 4 is 15.9 Å². The van der Waals surface area contributed by atoms with Crippen LogP contribution in [0.4, 0.5) is 0 Å². The van der Waals surface area contributed by atoms with Gasteiger partial charge in [0.25, 0.3) is 0 Å². The molecule has 2 aliphatic rings. The minimum Gasteiger partial charge on any atom is -0.394 e. The molecule has 2 fully saturated rings. The van der Waals surface area contributed by atoms with Gasteiger partial charge < -0.3 is 24.1 Å².